The number of sulfonamides is 1. The van der Waals surface area contributed by atoms with E-state index in [1.807, 2.05) is 0 Å². The maximum absolute atomic E-state index is 13.5. The molecule has 0 amide bonds. The highest BCUT2D eigenvalue weighted by molar-refractivity contribution is 7.92. The molecule has 4 nitrogen and oxygen atoms in total. The molecule has 0 aliphatic rings. The molecule has 0 saturated heterocycles. The van der Waals surface area contributed by atoms with Gasteiger partial charge in [-0.2, -0.15) is 0 Å². The molecule has 1 N–H and O–H groups in total. The summed E-state index contributed by atoms with van der Waals surface area (Å²) in [7, 11) is -3.35. The van der Waals surface area contributed by atoms with Gasteiger partial charge in [-0.25, -0.2) is 12.8 Å². The third-order valence-electron chi connectivity index (χ3n) is 3.14. The summed E-state index contributed by atoms with van der Waals surface area (Å²) < 4.78 is 38.8. The third kappa shape index (κ3) is 4.75. The highest BCUT2D eigenvalue weighted by atomic mass is 32.2. The van der Waals surface area contributed by atoms with Gasteiger partial charge in [-0.15, -0.1) is 0 Å². The fraction of sp³-hybridized carbons (Fsp3) is 0.118. The molecule has 0 atom stereocenters. The summed E-state index contributed by atoms with van der Waals surface area (Å²) in [6.07, 6.45) is 2.69. The number of benzene rings is 2. The van der Waals surface area contributed by atoms with E-state index in [4.69, 9.17) is 0 Å². The highest BCUT2D eigenvalue weighted by Gasteiger charge is 2.07. The van der Waals surface area contributed by atoms with E-state index >= 15 is 0 Å². The molecule has 0 heterocycles. The second-order valence-corrected chi connectivity index (χ2v) is 6.81. The summed E-state index contributed by atoms with van der Waals surface area (Å²) in [5.41, 5.74) is 1.10. The van der Waals surface area contributed by atoms with Gasteiger partial charge in [0, 0.05) is 16.8 Å². The number of ketones is 1. The zero-order chi connectivity index (χ0) is 16.9. The minimum absolute atomic E-state index is 0.0287. The van der Waals surface area contributed by atoms with Gasteiger partial charge in [0.1, 0.15) is 5.82 Å². The topological polar surface area (TPSA) is 63.2 Å². The Morgan fingerprint density at radius 3 is 2.39 bits per heavy atom. The summed E-state index contributed by atoms with van der Waals surface area (Å²) in [4.78, 5) is 12.0. The molecule has 2 aromatic carbocycles. The standard InChI is InChI=1S/C17H16FNO3S/c1-2-23(21,22)19-15-10-7-14(8-11-15)17(20)12-9-13-5-3-4-6-16(13)18/h3-12,19H,2H2,1H3/b12-9-. The van der Waals surface area contributed by atoms with Crippen LogP contribution < -0.4 is 4.72 Å². The SMILES string of the molecule is CCS(=O)(=O)Nc1ccc(C(=O)/C=C\c2ccccc2F)cc1. The van der Waals surface area contributed by atoms with Gasteiger partial charge in [0.2, 0.25) is 10.0 Å². The molecule has 2 rings (SSSR count). The van der Waals surface area contributed by atoms with Gasteiger partial charge in [-0.05, 0) is 49.4 Å². The van der Waals surface area contributed by atoms with E-state index in [1.54, 1.807) is 18.2 Å². The van der Waals surface area contributed by atoms with E-state index in [0.29, 0.717) is 16.8 Å². The Kier molecular flexibility index (Phi) is 5.28. The van der Waals surface area contributed by atoms with E-state index in [9.17, 15) is 17.6 Å². The first-order valence-electron chi connectivity index (χ1n) is 6.99. The average Bonchev–Trinajstić information content (AvgIpc) is 2.54. The Balaban J connectivity index is 2.10. The van der Waals surface area contributed by atoms with Crippen molar-refractivity contribution in [3.05, 3.63) is 71.6 Å². The van der Waals surface area contributed by atoms with Gasteiger partial charge in [-0.3, -0.25) is 9.52 Å². The first kappa shape index (κ1) is 16.9. The minimum Gasteiger partial charge on any atom is -0.289 e. The van der Waals surface area contributed by atoms with Crippen LogP contribution in [0.1, 0.15) is 22.8 Å². The fourth-order valence-electron chi connectivity index (χ4n) is 1.83. The molecule has 0 saturated carbocycles. The number of rotatable bonds is 6. The van der Waals surface area contributed by atoms with Crippen molar-refractivity contribution in [2.75, 3.05) is 10.5 Å². The fourth-order valence-corrected chi connectivity index (χ4v) is 2.47. The molecule has 0 unspecified atom stereocenters. The lowest BCUT2D eigenvalue weighted by Crippen LogP contribution is -2.14. The number of carbonyl (C=O) groups excluding carboxylic acids is 1. The molecule has 0 aliphatic carbocycles. The first-order chi connectivity index (χ1) is 10.9. The monoisotopic (exact) mass is 333 g/mol. The third-order valence-corrected chi connectivity index (χ3v) is 4.45. The van der Waals surface area contributed by atoms with Crippen LogP contribution in [0.3, 0.4) is 0 Å². The van der Waals surface area contributed by atoms with Crippen LogP contribution in [-0.2, 0) is 10.0 Å². The van der Waals surface area contributed by atoms with Gasteiger partial charge < -0.3 is 0 Å². The number of halogens is 1. The lowest BCUT2D eigenvalue weighted by Gasteiger charge is -2.06. The summed E-state index contributed by atoms with van der Waals surface area (Å²) in [6.45, 7) is 1.54. The van der Waals surface area contributed by atoms with Crippen LogP contribution in [0.2, 0.25) is 0 Å². The van der Waals surface area contributed by atoms with Crippen LogP contribution in [0.25, 0.3) is 6.08 Å². The largest absolute Gasteiger partial charge is 0.289 e. The number of allylic oxidation sites excluding steroid dienone is 1. The molecule has 0 bridgehead atoms. The quantitative estimate of drug-likeness (QED) is 0.650. The van der Waals surface area contributed by atoms with Crippen molar-refractivity contribution in [1.29, 1.82) is 0 Å². The van der Waals surface area contributed by atoms with Crippen LogP contribution in [0.4, 0.5) is 10.1 Å². The Labute approximate surface area is 134 Å². The molecule has 120 valence electrons. The second kappa shape index (κ2) is 7.19. The number of hydrogen-bond acceptors (Lipinski definition) is 3. The molecule has 0 fully saturated rings. The van der Waals surface area contributed by atoms with E-state index in [0.717, 1.165) is 0 Å². The van der Waals surface area contributed by atoms with Gasteiger partial charge in [0.25, 0.3) is 0 Å². The summed E-state index contributed by atoms with van der Waals surface area (Å²) in [6, 6.07) is 12.2. The molecule has 23 heavy (non-hydrogen) atoms. The molecular weight excluding hydrogens is 317 g/mol. The Morgan fingerprint density at radius 2 is 1.78 bits per heavy atom. The van der Waals surface area contributed by atoms with Crippen molar-refractivity contribution in [2.24, 2.45) is 0 Å². The van der Waals surface area contributed by atoms with Crippen LogP contribution in [0, 0.1) is 5.82 Å². The molecular formula is C17H16FNO3S. The summed E-state index contributed by atoms with van der Waals surface area (Å²) in [5, 5.41) is 0. The van der Waals surface area contributed by atoms with Crippen molar-refractivity contribution in [3.8, 4) is 0 Å². The van der Waals surface area contributed by atoms with Crippen LogP contribution in [0.15, 0.2) is 54.6 Å². The zero-order valence-electron chi connectivity index (χ0n) is 12.5. The van der Waals surface area contributed by atoms with E-state index < -0.39 is 15.8 Å². The number of carbonyl (C=O) groups is 1. The smallest absolute Gasteiger partial charge is 0.232 e. The summed E-state index contributed by atoms with van der Waals surface area (Å²) in [5.74, 6) is -0.724. The predicted octanol–water partition coefficient (Wildman–Crippen LogP) is 3.48. The molecule has 0 radical (unpaired) electrons. The molecule has 0 aromatic heterocycles. The molecule has 0 spiro atoms. The Morgan fingerprint density at radius 1 is 1.13 bits per heavy atom. The molecule has 6 heteroatoms. The molecule has 0 aliphatic heterocycles. The van der Waals surface area contributed by atoms with E-state index in [-0.39, 0.29) is 11.5 Å². The van der Waals surface area contributed by atoms with Gasteiger partial charge in [0.05, 0.1) is 5.75 Å². The van der Waals surface area contributed by atoms with Gasteiger partial charge in [0.15, 0.2) is 5.78 Å². The maximum atomic E-state index is 13.5. The molecule has 2 aromatic rings. The van der Waals surface area contributed by atoms with Crippen molar-refractivity contribution < 1.29 is 17.6 Å². The number of nitrogens with one attached hydrogen (secondary N) is 1. The van der Waals surface area contributed by atoms with Crippen LogP contribution in [0.5, 0.6) is 0 Å². The van der Waals surface area contributed by atoms with Gasteiger partial charge in [-0.1, -0.05) is 18.2 Å². The van der Waals surface area contributed by atoms with E-state index in [1.165, 1.54) is 49.4 Å². The normalized spacial score (nSPS) is 11.6. The maximum Gasteiger partial charge on any atom is 0.232 e. The Hall–Kier alpha value is -2.47. The number of anilines is 1. The predicted molar refractivity (Wildman–Crippen MR) is 89.3 cm³/mol. The number of hydrogen-bond donors (Lipinski definition) is 1. The summed E-state index contributed by atoms with van der Waals surface area (Å²) >= 11 is 0. The second-order valence-electron chi connectivity index (χ2n) is 4.80. The van der Waals surface area contributed by atoms with Crippen molar-refractivity contribution >= 4 is 27.6 Å². The lowest BCUT2D eigenvalue weighted by atomic mass is 10.1. The van der Waals surface area contributed by atoms with Crippen LogP contribution in [-0.4, -0.2) is 20.0 Å². The lowest BCUT2D eigenvalue weighted by molar-refractivity contribution is 0.104. The van der Waals surface area contributed by atoms with Gasteiger partial charge >= 0.3 is 0 Å². The van der Waals surface area contributed by atoms with Crippen molar-refractivity contribution in [2.45, 2.75) is 6.92 Å². The first-order valence-corrected chi connectivity index (χ1v) is 8.64. The van der Waals surface area contributed by atoms with E-state index in [2.05, 4.69) is 4.72 Å². The highest BCUT2D eigenvalue weighted by Crippen LogP contribution is 2.14. The average molecular weight is 333 g/mol. The zero-order valence-corrected chi connectivity index (χ0v) is 13.3. The Bertz CT molecular complexity index is 827. The van der Waals surface area contributed by atoms with Crippen LogP contribution >= 0.6 is 0 Å². The van der Waals surface area contributed by atoms with Crippen molar-refractivity contribution in [1.82, 2.24) is 0 Å². The minimum atomic E-state index is -3.35. The van der Waals surface area contributed by atoms with Crippen molar-refractivity contribution in [3.63, 3.8) is 0 Å².